The summed E-state index contributed by atoms with van der Waals surface area (Å²) in [5, 5.41) is 17.8. The third kappa shape index (κ3) is 5.68. The molecule has 3 N–H and O–H groups in total. The monoisotopic (exact) mass is 430 g/mol. The van der Waals surface area contributed by atoms with Gasteiger partial charge in [0.1, 0.15) is 10.8 Å². The minimum Gasteiger partial charge on any atom is -0.393 e. The highest BCUT2D eigenvalue weighted by atomic mass is 32.1. The first kappa shape index (κ1) is 21.5. The van der Waals surface area contributed by atoms with Crippen LogP contribution in [0.2, 0.25) is 0 Å². The third-order valence-corrected chi connectivity index (χ3v) is 7.02. The van der Waals surface area contributed by atoms with Gasteiger partial charge in [-0.25, -0.2) is 9.97 Å². The predicted octanol–water partition coefficient (Wildman–Crippen LogP) is 4.12. The number of aliphatic hydroxyl groups excluding tert-OH is 1. The lowest BCUT2D eigenvalue weighted by Crippen LogP contribution is -2.29. The number of nitrogens with zero attached hydrogens (tertiary/aromatic N) is 4. The third-order valence-electron chi connectivity index (χ3n) is 6.00. The minimum atomic E-state index is -0.161. The Morgan fingerprint density at radius 3 is 2.70 bits per heavy atom. The molecule has 0 radical (unpaired) electrons. The molecule has 1 saturated carbocycles. The Balaban J connectivity index is 1.52. The standard InChI is InChI=1S/C22H34N6OS/c1-2-3-10-23-22-25-14-19(20(27-22)26-16-6-8-17(29)9-7-16)21-24-13-18(30-21)15-28-11-4-5-12-28/h13-14,16-17,29H,2-12,15H2,1H3,(H2,23,25,26,27)/t16-,17-. The Morgan fingerprint density at radius 1 is 1.13 bits per heavy atom. The van der Waals surface area contributed by atoms with Gasteiger partial charge in [0.25, 0.3) is 0 Å². The topological polar surface area (TPSA) is 86.2 Å². The SMILES string of the molecule is CCCCNc1ncc(-c2ncc(CN3CCCC3)s2)c(N[C@H]2CC[C@H](O)CC2)n1. The molecule has 0 spiro atoms. The van der Waals surface area contributed by atoms with Crippen LogP contribution in [0.5, 0.6) is 0 Å². The Labute approximate surface area is 183 Å². The first-order valence-corrected chi connectivity index (χ1v) is 12.3. The van der Waals surface area contributed by atoms with Gasteiger partial charge >= 0.3 is 0 Å². The van der Waals surface area contributed by atoms with Gasteiger partial charge < -0.3 is 15.7 Å². The van der Waals surface area contributed by atoms with E-state index in [0.29, 0.717) is 12.0 Å². The number of hydrogen-bond acceptors (Lipinski definition) is 8. The van der Waals surface area contributed by atoms with Crippen LogP contribution in [-0.4, -0.2) is 56.7 Å². The lowest BCUT2D eigenvalue weighted by atomic mass is 9.93. The first-order chi connectivity index (χ1) is 14.7. The molecule has 4 rings (SSSR count). The highest BCUT2D eigenvalue weighted by Crippen LogP contribution is 2.33. The summed E-state index contributed by atoms with van der Waals surface area (Å²) >= 11 is 1.74. The Bertz CT molecular complexity index is 799. The fourth-order valence-corrected chi connectivity index (χ4v) is 5.16. The summed E-state index contributed by atoms with van der Waals surface area (Å²) in [6.07, 6.45) is 12.2. The van der Waals surface area contributed by atoms with E-state index in [1.54, 1.807) is 11.3 Å². The summed E-state index contributed by atoms with van der Waals surface area (Å²) in [4.78, 5) is 17.9. The van der Waals surface area contributed by atoms with Crippen LogP contribution in [0.3, 0.4) is 0 Å². The van der Waals surface area contributed by atoms with E-state index in [1.807, 2.05) is 12.4 Å². The summed E-state index contributed by atoms with van der Waals surface area (Å²) in [6.45, 7) is 6.42. The van der Waals surface area contributed by atoms with Crippen molar-refractivity contribution in [2.24, 2.45) is 0 Å². The normalized spacial score (nSPS) is 22.3. The molecule has 1 saturated heterocycles. The summed E-state index contributed by atoms with van der Waals surface area (Å²) < 4.78 is 0. The van der Waals surface area contributed by atoms with Gasteiger partial charge in [-0.3, -0.25) is 4.90 Å². The highest BCUT2D eigenvalue weighted by Gasteiger charge is 2.22. The van der Waals surface area contributed by atoms with Crippen LogP contribution in [0.15, 0.2) is 12.4 Å². The maximum Gasteiger partial charge on any atom is 0.224 e. The first-order valence-electron chi connectivity index (χ1n) is 11.4. The molecule has 2 aromatic heterocycles. The van der Waals surface area contributed by atoms with Gasteiger partial charge in [0.05, 0.1) is 11.7 Å². The summed E-state index contributed by atoms with van der Waals surface area (Å²) in [5.74, 6) is 1.52. The number of anilines is 2. The number of hydrogen-bond donors (Lipinski definition) is 3. The van der Waals surface area contributed by atoms with E-state index < -0.39 is 0 Å². The Hall–Kier alpha value is -1.77. The van der Waals surface area contributed by atoms with Crippen molar-refractivity contribution < 1.29 is 5.11 Å². The second-order valence-electron chi connectivity index (χ2n) is 8.50. The molecule has 2 aromatic rings. The largest absolute Gasteiger partial charge is 0.393 e. The van der Waals surface area contributed by atoms with Crippen molar-refractivity contribution in [3.05, 3.63) is 17.3 Å². The summed E-state index contributed by atoms with van der Waals surface area (Å²) in [6, 6.07) is 0.328. The molecule has 0 amide bonds. The van der Waals surface area contributed by atoms with Crippen molar-refractivity contribution in [3.63, 3.8) is 0 Å². The molecule has 0 aromatic carbocycles. The second kappa shape index (κ2) is 10.5. The van der Waals surface area contributed by atoms with E-state index in [4.69, 9.17) is 9.97 Å². The molecule has 3 heterocycles. The van der Waals surface area contributed by atoms with E-state index in [2.05, 4.69) is 27.4 Å². The second-order valence-corrected chi connectivity index (χ2v) is 9.62. The predicted molar refractivity (Wildman–Crippen MR) is 123 cm³/mol. The van der Waals surface area contributed by atoms with Crippen molar-refractivity contribution in [1.29, 1.82) is 0 Å². The Morgan fingerprint density at radius 2 is 1.93 bits per heavy atom. The smallest absolute Gasteiger partial charge is 0.224 e. The molecule has 30 heavy (non-hydrogen) atoms. The summed E-state index contributed by atoms with van der Waals surface area (Å²) in [5.41, 5.74) is 0.972. The molecule has 0 unspecified atom stereocenters. The highest BCUT2D eigenvalue weighted by molar-refractivity contribution is 7.15. The van der Waals surface area contributed by atoms with Gasteiger partial charge in [-0.2, -0.15) is 4.98 Å². The molecule has 1 aliphatic heterocycles. The molecule has 0 bridgehead atoms. The average Bonchev–Trinajstić information content (AvgIpc) is 3.43. The van der Waals surface area contributed by atoms with Gasteiger partial charge in [-0.05, 0) is 58.0 Å². The van der Waals surface area contributed by atoms with Crippen molar-refractivity contribution in [3.8, 4) is 10.6 Å². The molecule has 7 nitrogen and oxygen atoms in total. The zero-order valence-electron chi connectivity index (χ0n) is 17.9. The lowest BCUT2D eigenvalue weighted by Gasteiger charge is -2.27. The fraction of sp³-hybridized carbons (Fsp3) is 0.682. The number of thiazole rings is 1. The van der Waals surface area contributed by atoms with Gasteiger partial charge in [0.2, 0.25) is 5.95 Å². The molecule has 8 heteroatoms. The van der Waals surface area contributed by atoms with Gasteiger partial charge in [-0.15, -0.1) is 11.3 Å². The molecule has 0 atom stereocenters. The van der Waals surface area contributed by atoms with Crippen molar-refractivity contribution in [1.82, 2.24) is 19.9 Å². The van der Waals surface area contributed by atoms with Crippen molar-refractivity contribution >= 4 is 23.1 Å². The quantitative estimate of drug-likeness (QED) is 0.516. The molecule has 164 valence electrons. The number of likely N-dealkylation sites (tertiary alicyclic amines) is 1. The zero-order chi connectivity index (χ0) is 20.8. The van der Waals surface area contributed by atoms with Crippen molar-refractivity contribution in [2.45, 2.75) is 77.0 Å². The van der Waals surface area contributed by atoms with Gasteiger partial charge in [0, 0.05) is 36.4 Å². The van der Waals surface area contributed by atoms with Crippen LogP contribution < -0.4 is 10.6 Å². The van der Waals surface area contributed by atoms with Gasteiger partial charge in [-0.1, -0.05) is 13.3 Å². The maximum absolute atomic E-state index is 9.83. The van der Waals surface area contributed by atoms with Crippen LogP contribution in [0.25, 0.3) is 10.6 Å². The minimum absolute atomic E-state index is 0.161. The number of nitrogens with one attached hydrogen (secondary N) is 2. The number of aliphatic hydroxyl groups is 1. The molecular formula is C22H34N6OS. The molecule has 1 aliphatic carbocycles. The van der Waals surface area contributed by atoms with E-state index in [0.717, 1.165) is 68.0 Å². The van der Waals surface area contributed by atoms with E-state index in [9.17, 15) is 5.11 Å². The molecule has 2 fully saturated rings. The van der Waals surface area contributed by atoms with E-state index in [-0.39, 0.29) is 6.10 Å². The molecule has 2 aliphatic rings. The van der Waals surface area contributed by atoms with Gasteiger partial charge in [0.15, 0.2) is 0 Å². The summed E-state index contributed by atoms with van der Waals surface area (Å²) in [7, 11) is 0. The van der Waals surface area contributed by atoms with Crippen LogP contribution in [0.4, 0.5) is 11.8 Å². The zero-order valence-corrected chi connectivity index (χ0v) is 18.8. The van der Waals surface area contributed by atoms with Crippen LogP contribution in [-0.2, 0) is 6.54 Å². The number of unbranched alkanes of at least 4 members (excludes halogenated alkanes) is 1. The van der Waals surface area contributed by atoms with E-state index >= 15 is 0 Å². The van der Waals surface area contributed by atoms with Crippen molar-refractivity contribution in [2.75, 3.05) is 30.3 Å². The fourth-order valence-electron chi connectivity index (χ4n) is 4.19. The van der Waals surface area contributed by atoms with E-state index in [1.165, 1.54) is 30.8 Å². The Kier molecular flexibility index (Phi) is 7.52. The average molecular weight is 431 g/mol. The molecular weight excluding hydrogens is 396 g/mol. The maximum atomic E-state index is 9.83. The van der Waals surface area contributed by atoms with Crippen LogP contribution in [0.1, 0.15) is 63.2 Å². The number of rotatable bonds is 9. The number of aromatic nitrogens is 3. The van der Waals surface area contributed by atoms with Crippen LogP contribution >= 0.6 is 11.3 Å². The van der Waals surface area contributed by atoms with Crippen LogP contribution in [0, 0.1) is 0 Å². The lowest BCUT2D eigenvalue weighted by molar-refractivity contribution is 0.126.